The van der Waals surface area contributed by atoms with Gasteiger partial charge in [-0.3, -0.25) is 10.2 Å². The molecule has 9 heteroatoms. The monoisotopic (exact) mass is 495 g/mol. The van der Waals surface area contributed by atoms with Crippen molar-refractivity contribution in [3.05, 3.63) is 33.2 Å². The molecule has 162 valence electrons. The molecule has 1 aromatic carbocycles. The Balaban J connectivity index is 1.65. The summed E-state index contributed by atoms with van der Waals surface area (Å²) in [7, 11) is 0. The number of hydrogen-bond acceptors (Lipinski definition) is 8. The Morgan fingerprint density at radius 3 is 2.83 bits per heavy atom. The fourth-order valence-electron chi connectivity index (χ4n) is 3.15. The molecule has 30 heavy (non-hydrogen) atoms. The highest BCUT2D eigenvalue weighted by Gasteiger charge is 2.19. The molecule has 1 fully saturated rings. The van der Waals surface area contributed by atoms with Crippen molar-refractivity contribution >= 4 is 44.6 Å². The Morgan fingerprint density at radius 1 is 1.30 bits per heavy atom. The van der Waals surface area contributed by atoms with Crippen molar-refractivity contribution in [2.45, 2.75) is 52.1 Å². The Kier molecular flexibility index (Phi) is 8.50. The van der Waals surface area contributed by atoms with Gasteiger partial charge >= 0.3 is 5.97 Å². The molecule has 1 aromatic heterocycles. The van der Waals surface area contributed by atoms with Crippen LogP contribution in [-0.2, 0) is 16.0 Å². The van der Waals surface area contributed by atoms with Crippen LogP contribution in [0.25, 0.3) is 0 Å². The zero-order chi connectivity index (χ0) is 21.3. The summed E-state index contributed by atoms with van der Waals surface area (Å²) in [5.74, 6) is 1.18. The van der Waals surface area contributed by atoms with Gasteiger partial charge in [-0.15, -0.1) is 11.3 Å². The Morgan fingerprint density at radius 2 is 2.10 bits per heavy atom. The van der Waals surface area contributed by atoms with Gasteiger partial charge in [-0.2, -0.15) is 5.10 Å². The number of thiazole rings is 1. The van der Waals surface area contributed by atoms with Gasteiger partial charge in [-0.25, -0.2) is 4.98 Å². The molecule has 0 aliphatic heterocycles. The van der Waals surface area contributed by atoms with E-state index in [4.69, 9.17) is 14.2 Å². The molecule has 0 spiro atoms. The van der Waals surface area contributed by atoms with E-state index < -0.39 is 0 Å². The number of hydrazone groups is 1. The third kappa shape index (κ3) is 6.43. The van der Waals surface area contributed by atoms with Crippen LogP contribution in [0.5, 0.6) is 11.5 Å². The molecule has 0 saturated heterocycles. The Labute approximate surface area is 189 Å². The normalized spacial score (nSPS) is 14.2. The number of halogens is 1. The minimum atomic E-state index is -0.287. The van der Waals surface area contributed by atoms with E-state index in [9.17, 15) is 4.79 Å². The number of hydrogen-bond donors (Lipinski definition) is 1. The van der Waals surface area contributed by atoms with Crippen LogP contribution >= 0.6 is 27.3 Å². The second-order valence-electron chi connectivity index (χ2n) is 6.77. The van der Waals surface area contributed by atoms with Crippen molar-refractivity contribution in [3.8, 4) is 11.5 Å². The van der Waals surface area contributed by atoms with Crippen molar-refractivity contribution < 1.29 is 19.0 Å². The third-order valence-electron chi connectivity index (χ3n) is 4.51. The number of benzene rings is 1. The first-order valence-electron chi connectivity index (χ1n) is 10.1. The molecule has 1 aliphatic rings. The first-order chi connectivity index (χ1) is 14.6. The molecule has 0 radical (unpaired) electrons. The summed E-state index contributed by atoms with van der Waals surface area (Å²) in [4.78, 5) is 15.9. The maximum atomic E-state index is 11.5. The van der Waals surface area contributed by atoms with E-state index in [-0.39, 0.29) is 18.5 Å². The van der Waals surface area contributed by atoms with Crippen LogP contribution in [0.15, 0.2) is 27.1 Å². The molecular formula is C21H26BrN3O4S. The molecule has 1 heterocycles. The van der Waals surface area contributed by atoms with Gasteiger partial charge in [-0.1, -0.05) is 0 Å². The zero-order valence-corrected chi connectivity index (χ0v) is 19.6. The van der Waals surface area contributed by atoms with Gasteiger partial charge in [0.1, 0.15) is 0 Å². The maximum Gasteiger partial charge on any atom is 0.311 e. The molecule has 7 nitrogen and oxygen atoms in total. The highest BCUT2D eigenvalue weighted by Crippen LogP contribution is 2.36. The second kappa shape index (κ2) is 11.3. The van der Waals surface area contributed by atoms with Crippen LogP contribution < -0.4 is 14.9 Å². The molecule has 0 bridgehead atoms. The largest absolute Gasteiger partial charge is 0.490 e. The van der Waals surface area contributed by atoms with Crippen LogP contribution in [0.3, 0.4) is 0 Å². The van der Waals surface area contributed by atoms with Crippen LogP contribution in [0.2, 0.25) is 0 Å². The average molecular weight is 496 g/mol. The molecule has 3 rings (SSSR count). The maximum absolute atomic E-state index is 11.5. The number of anilines is 1. The van der Waals surface area contributed by atoms with Gasteiger partial charge in [-0.05, 0) is 67.6 Å². The lowest BCUT2D eigenvalue weighted by molar-refractivity contribution is -0.142. The summed E-state index contributed by atoms with van der Waals surface area (Å²) >= 11 is 4.98. The van der Waals surface area contributed by atoms with Gasteiger partial charge < -0.3 is 14.2 Å². The predicted molar refractivity (Wildman–Crippen MR) is 122 cm³/mol. The smallest absolute Gasteiger partial charge is 0.311 e. The van der Waals surface area contributed by atoms with Crippen LogP contribution in [-0.4, -0.2) is 36.5 Å². The summed E-state index contributed by atoms with van der Waals surface area (Å²) in [6, 6.07) is 3.85. The zero-order valence-electron chi connectivity index (χ0n) is 17.2. The van der Waals surface area contributed by atoms with E-state index in [1.54, 1.807) is 13.1 Å². The third-order valence-corrected chi connectivity index (χ3v) is 5.99. The van der Waals surface area contributed by atoms with Crippen molar-refractivity contribution in [1.82, 2.24) is 4.98 Å². The Bertz CT molecular complexity index is 881. The first-order valence-corrected chi connectivity index (χ1v) is 11.8. The van der Waals surface area contributed by atoms with E-state index in [0.29, 0.717) is 29.8 Å². The number of aromatic nitrogens is 1. The lowest BCUT2D eigenvalue weighted by Gasteiger charge is -2.17. The van der Waals surface area contributed by atoms with E-state index in [1.807, 2.05) is 24.4 Å². The summed E-state index contributed by atoms with van der Waals surface area (Å²) in [5.41, 5.74) is 4.41. The lowest BCUT2D eigenvalue weighted by atomic mass is 10.2. The number of carbonyl (C=O) groups is 1. The number of esters is 1. The minimum absolute atomic E-state index is 0.154. The predicted octanol–water partition coefficient (Wildman–Crippen LogP) is 5.18. The number of nitrogens with one attached hydrogen (secondary N) is 1. The number of rotatable bonds is 10. The summed E-state index contributed by atoms with van der Waals surface area (Å²) in [5, 5.41) is 6.68. The highest BCUT2D eigenvalue weighted by atomic mass is 79.9. The molecule has 0 atom stereocenters. The van der Waals surface area contributed by atoms with Crippen molar-refractivity contribution in [1.29, 1.82) is 0 Å². The van der Waals surface area contributed by atoms with Crippen LogP contribution in [0.4, 0.5) is 5.13 Å². The molecule has 1 N–H and O–H groups in total. The van der Waals surface area contributed by atoms with Gasteiger partial charge in [0.05, 0.1) is 37.6 Å². The highest BCUT2D eigenvalue weighted by molar-refractivity contribution is 9.10. The Hall–Kier alpha value is -2.13. The molecule has 1 aliphatic carbocycles. The summed E-state index contributed by atoms with van der Waals surface area (Å²) in [6.07, 6.45) is 6.70. The average Bonchev–Trinajstić information content (AvgIpc) is 3.37. The van der Waals surface area contributed by atoms with Gasteiger partial charge in [0.2, 0.25) is 5.13 Å². The standard InChI is InChI=1S/C21H26BrN3O4S/c1-3-27-18-9-14(17(22)11-19(18)29-16-7-5-6-8-16)12-23-25-21-24-15(13-30-21)10-20(26)28-4-2/h9,11-13,16H,3-8,10H2,1-2H3,(H,24,25). The second-order valence-corrected chi connectivity index (χ2v) is 8.49. The quantitative estimate of drug-likeness (QED) is 0.278. The van der Waals surface area contributed by atoms with Crippen molar-refractivity contribution in [2.75, 3.05) is 18.6 Å². The van der Waals surface area contributed by atoms with Crippen LogP contribution in [0.1, 0.15) is 50.8 Å². The SMILES string of the molecule is CCOC(=O)Cc1csc(NN=Cc2cc(OCC)c(OC3CCCC3)cc2Br)n1. The van der Waals surface area contributed by atoms with E-state index in [2.05, 4.69) is 31.4 Å². The van der Waals surface area contributed by atoms with E-state index in [1.165, 1.54) is 24.2 Å². The number of nitrogens with zero attached hydrogens (tertiary/aromatic N) is 2. The summed E-state index contributed by atoms with van der Waals surface area (Å²) in [6.45, 7) is 4.65. The van der Waals surface area contributed by atoms with Gasteiger partial charge in [0.15, 0.2) is 11.5 Å². The molecule has 0 unspecified atom stereocenters. The lowest BCUT2D eigenvalue weighted by Crippen LogP contribution is -2.12. The molecular weight excluding hydrogens is 470 g/mol. The van der Waals surface area contributed by atoms with Crippen molar-refractivity contribution in [3.63, 3.8) is 0 Å². The number of carbonyl (C=O) groups excluding carboxylic acids is 1. The van der Waals surface area contributed by atoms with Gasteiger partial charge in [0, 0.05) is 15.4 Å². The summed E-state index contributed by atoms with van der Waals surface area (Å²) < 4.78 is 17.8. The van der Waals surface area contributed by atoms with Gasteiger partial charge in [0.25, 0.3) is 0 Å². The molecule has 2 aromatic rings. The van der Waals surface area contributed by atoms with E-state index >= 15 is 0 Å². The van der Waals surface area contributed by atoms with Crippen LogP contribution in [0, 0.1) is 0 Å². The first kappa shape index (κ1) is 22.6. The molecule has 0 amide bonds. The molecule has 1 saturated carbocycles. The minimum Gasteiger partial charge on any atom is -0.490 e. The number of ether oxygens (including phenoxy) is 3. The fraction of sp³-hybridized carbons (Fsp3) is 0.476. The fourth-order valence-corrected chi connectivity index (χ4v) is 4.24. The topological polar surface area (TPSA) is 82.0 Å². The van der Waals surface area contributed by atoms with E-state index in [0.717, 1.165) is 28.6 Å². The van der Waals surface area contributed by atoms with Crippen molar-refractivity contribution in [2.24, 2.45) is 5.10 Å².